The van der Waals surface area contributed by atoms with Gasteiger partial charge in [-0.1, -0.05) is 39.0 Å². The molecule has 2 heteroatoms. The van der Waals surface area contributed by atoms with Crippen molar-refractivity contribution in [2.45, 2.75) is 39.7 Å². The number of ether oxygens (including phenoxy) is 1. The molecule has 2 nitrogen and oxygen atoms in total. The first kappa shape index (κ1) is 13.7. The number of aliphatic hydroxyl groups excluding tert-OH is 1. The lowest BCUT2D eigenvalue weighted by molar-refractivity contribution is 0.0264. The third-order valence-electron chi connectivity index (χ3n) is 6.07. The number of aliphatic hydroxyl groups is 1. The summed E-state index contributed by atoms with van der Waals surface area (Å²) in [5, 5.41) is 10.7. The monoisotopic (exact) mass is 272 g/mol. The topological polar surface area (TPSA) is 29.5 Å². The first-order chi connectivity index (χ1) is 9.40. The summed E-state index contributed by atoms with van der Waals surface area (Å²) in [4.78, 5) is 0. The van der Waals surface area contributed by atoms with Crippen molar-refractivity contribution in [2.24, 2.45) is 16.7 Å². The largest absolute Gasteiger partial charge is 0.497 e. The summed E-state index contributed by atoms with van der Waals surface area (Å²) >= 11 is 0. The fourth-order valence-corrected chi connectivity index (χ4v) is 4.23. The Labute approximate surface area is 121 Å². The van der Waals surface area contributed by atoms with Crippen molar-refractivity contribution >= 4 is 6.08 Å². The van der Waals surface area contributed by atoms with E-state index in [2.05, 4.69) is 39.0 Å². The maximum atomic E-state index is 10.7. The number of hydrogen-bond acceptors (Lipinski definition) is 2. The number of fused-ring (bicyclic) bond motifs is 2. The van der Waals surface area contributed by atoms with Gasteiger partial charge in [-0.2, -0.15) is 0 Å². The number of hydrogen-bond donors (Lipinski definition) is 1. The van der Waals surface area contributed by atoms with Gasteiger partial charge in [-0.15, -0.1) is 0 Å². The first-order valence-electron chi connectivity index (χ1n) is 7.44. The second kappa shape index (κ2) is 4.36. The van der Waals surface area contributed by atoms with Crippen LogP contribution in [0.3, 0.4) is 0 Å². The molecule has 2 fully saturated rings. The van der Waals surface area contributed by atoms with Crippen LogP contribution in [0.1, 0.15) is 39.2 Å². The molecule has 0 aromatic heterocycles. The minimum absolute atomic E-state index is 0.0238. The molecule has 2 aliphatic rings. The molecule has 0 spiro atoms. The SMILES string of the molecule is COc1ccc(/C=C2\[C@@H]3CC[C@](C)([C@H]2O)C3(C)C)cc1. The summed E-state index contributed by atoms with van der Waals surface area (Å²) in [6, 6.07) is 8.05. The summed E-state index contributed by atoms with van der Waals surface area (Å²) in [5.74, 6) is 1.37. The lowest BCUT2D eigenvalue weighted by Crippen LogP contribution is -2.35. The molecule has 2 bridgehead atoms. The van der Waals surface area contributed by atoms with Crippen molar-refractivity contribution in [1.29, 1.82) is 0 Å². The Kier molecular flexibility index (Phi) is 2.98. The molecule has 0 radical (unpaired) electrons. The zero-order valence-corrected chi connectivity index (χ0v) is 12.8. The van der Waals surface area contributed by atoms with E-state index in [-0.39, 0.29) is 16.9 Å². The van der Waals surface area contributed by atoms with Gasteiger partial charge in [0.15, 0.2) is 0 Å². The van der Waals surface area contributed by atoms with Crippen LogP contribution in [0.15, 0.2) is 29.8 Å². The van der Waals surface area contributed by atoms with Crippen molar-refractivity contribution in [3.8, 4) is 5.75 Å². The highest BCUT2D eigenvalue weighted by Crippen LogP contribution is 2.67. The summed E-state index contributed by atoms with van der Waals surface area (Å²) in [6.45, 7) is 6.86. The van der Waals surface area contributed by atoms with E-state index in [1.807, 2.05) is 12.1 Å². The number of benzene rings is 1. The maximum absolute atomic E-state index is 10.7. The third-order valence-corrected chi connectivity index (χ3v) is 6.07. The average molecular weight is 272 g/mol. The molecule has 0 unspecified atom stereocenters. The van der Waals surface area contributed by atoms with Gasteiger partial charge in [-0.3, -0.25) is 0 Å². The second-order valence-electron chi connectivity index (χ2n) is 7.05. The van der Waals surface area contributed by atoms with Crippen LogP contribution >= 0.6 is 0 Å². The van der Waals surface area contributed by atoms with E-state index in [9.17, 15) is 5.11 Å². The van der Waals surface area contributed by atoms with E-state index in [1.54, 1.807) is 7.11 Å². The predicted molar refractivity (Wildman–Crippen MR) is 81.6 cm³/mol. The van der Waals surface area contributed by atoms with Crippen LogP contribution in [0.4, 0.5) is 0 Å². The van der Waals surface area contributed by atoms with Crippen LogP contribution < -0.4 is 4.74 Å². The summed E-state index contributed by atoms with van der Waals surface area (Å²) in [7, 11) is 1.68. The minimum atomic E-state index is -0.307. The predicted octanol–water partition coefficient (Wildman–Crippen LogP) is 3.90. The van der Waals surface area contributed by atoms with E-state index in [4.69, 9.17) is 4.74 Å². The Balaban J connectivity index is 1.96. The van der Waals surface area contributed by atoms with E-state index in [1.165, 1.54) is 12.0 Å². The Hall–Kier alpha value is -1.28. The first-order valence-corrected chi connectivity index (χ1v) is 7.44. The molecule has 2 aliphatic carbocycles. The molecule has 0 saturated heterocycles. The Morgan fingerprint density at radius 3 is 2.35 bits per heavy atom. The van der Waals surface area contributed by atoms with Gasteiger partial charge in [0, 0.05) is 5.41 Å². The smallest absolute Gasteiger partial charge is 0.118 e. The lowest BCUT2D eigenvalue weighted by atomic mass is 9.70. The molecule has 0 heterocycles. The third kappa shape index (κ3) is 1.67. The van der Waals surface area contributed by atoms with Crippen LogP contribution in [0.2, 0.25) is 0 Å². The van der Waals surface area contributed by atoms with Gasteiger partial charge in [0.1, 0.15) is 5.75 Å². The van der Waals surface area contributed by atoms with Gasteiger partial charge in [0.05, 0.1) is 13.2 Å². The fraction of sp³-hybridized carbons (Fsp3) is 0.556. The molecule has 1 aromatic carbocycles. The molecule has 2 saturated carbocycles. The quantitative estimate of drug-likeness (QED) is 0.885. The van der Waals surface area contributed by atoms with Crippen LogP contribution in [0.5, 0.6) is 5.75 Å². The molecular weight excluding hydrogens is 248 g/mol. The van der Waals surface area contributed by atoms with E-state index in [0.29, 0.717) is 5.92 Å². The van der Waals surface area contributed by atoms with Gasteiger partial charge in [0.2, 0.25) is 0 Å². The zero-order valence-electron chi connectivity index (χ0n) is 12.8. The van der Waals surface area contributed by atoms with E-state index >= 15 is 0 Å². The summed E-state index contributed by atoms with van der Waals surface area (Å²) in [6.07, 6.45) is 4.20. The van der Waals surface area contributed by atoms with Crippen molar-refractivity contribution in [3.63, 3.8) is 0 Å². The Morgan fingerprint density at radius 2 is 1.85 bits per heavy atom. The maximum Gasteiger partial charge on any atom is 0.118 e. The molecule has 1 aromatic rings. The number of rotatable bonds is 2. The van der Waals surface area contributed by atoms with E-state index in [0.717, 1.165) is 17.7 Å². The van der Waals surface area contributed by atoms with Crippen molar-refractivity contribution in [3.05, 3.63) is 35.4 Å². The normalized spacial score (nSPS) is 36.5. The van der Waals surface area contributed by atoms with Gasteiger partial charge in [0.25, 0.3) is 0 Å². The lowest BCUT2D eigenvalue weighted by Gasteiger charge is -2.36. The molecule has 3 rings (SSSR count). The second-order valence-corrected chi connectivity index (χ2v) is 7.05. The van der Waals surface area contributed by atoms with Crippen molar-refractivity contribution < 1.29 is 9.84 Å². The molecule has 1 N–H and O–H groups in total. The van der Waals surface area contributed by atoms with Crippen LogP contribution in [-0.4, -0.2) is 18.3 Å². The standard InChI is InChI=1S/C18H24O2/c1-17(2)15-9-10-18(17,3)16(19)14(15)11-12-5-7-13(20-4)8-6-12/h5-8,11,15-16,19H,9-10H2,1-4H3/b14-11+/t15-,16-,18+/m0/s1. The van der Waals surface area contributed by atoms with Gasteiger partial charge >= 0.3 is 0 Å². The Morgan fingerprint density at radius 1 is 1.20 bits per heavy atom. The van der Waals surface area contributed by atoms with Gasteiger partial charge in [-0.05, 0) is 47.4 Å². The highest BCUT2D eigenvalue weighted by molar-refractivity contribution is 5.58. The highest BCUT2D eigenvalue weighted by Gasteiger charge is 2.63. The van der Waals surface area contributed by atoms with Gasteiger partial charge < -0.3 is 9.84 Å². The van der Waals surface area contributed by atoms with Crippen LogP contribution in [0.25, 0.3) is 6.08 Å². The zero-order chi connectivity index (χ0) is 14.5. The molecule has 3 atom stereocenters. The Bertz CT molecular complexity index is 541. The summed E-state index contributed by atoms with van der Waals surface area (Å²) in [5.41, 5.74) is 2.57. The summed E-state index contributed by atoms with van der Waals surface area (Å²) < 4.78 is 5.19. The molecule has 108 valence electrons. The van der Waals surface area contributed by atoms with Crippen molar-refractivity contribution in [2.75, 3.05) is 7.11 Å². The van der Waals surface area contributed by atoms with E-state index < -0.39 is 0 Å². The molecular formula is C18H24O2. The van der Waals surface area contributed by atoms with Crippen molar-refractivity contribution in [1.82, 2.24) is 0 Å². The fourth-order valence-electron chi connectivity index (χ4n) is 4.23. The minimum Gasteiger partial charge on any atom is -0.497 e. The van der Waals surface area contributed by atoms with Crippen LogP contribution in [-0.2, 0) is 0 Å². The molecule has 20 heavy (non-hydrogen) atoms. The average Bonchev–Trinajstić information content (AvgIpc) is 2.74. The molecule has 0 aliphatic heterocycles. The number of methoxy groups -OCH3 is 1. The molecule has 0 amide bonds. The highest BCUT2D eigenvalue weighted by atomic mass is 16.5. The van der Waals surface area contributed by atoms with Gasteiger partial charge in [-0.25, -0.2) is 0 Å². The van der Waals surface area contributed by atoms with Crippen LogP contribution in [0, 0.1) is 16.7 Å².